The molecule has 2 aromatic heterocycles. The van der Waals surface area contributed by atoms with Crippen molar-refractivity contribution < 1.29 is 19.1 Å². The van der Waals surface area contributed by atoms with Crippen molar-refractivity contribution >= 4 is 45.1 Å². The molecule has 0 aliphatic heterocycles. The zero-order chi connectivity index (χ0) is 22.7. The number of fused-ring (bicyclic) bond motifs is 1. The number of amides is 3. The van der Waals surface area contributed by atoms with Gasteiger partial charge < -0.3 is 10.1 Å². The third-order valence-electron chi connectivity index (χ3n) is 4.56. The molecule has 3 rings (SSSR count). The number of anilines is 1. The van der Waals surface area contributed by atoms with E-state index in [1.54, 1.807) is 12.1 Å². The van der Waals surface area contributed by atoms with Gasteiger partial charge in [-0.05, 0) is 44.4 Å². The Morgan fingerprint density at radius 1 is 1.16 bits per heavy atom. The zero-order valence-corrected chi connectivity index (χ0v) is 19.1. The van der Waals surface area contributed by atoms with Crippen molar-refractivity contribution in [3.05, 3.63) is 46.0 Å². The number of nitrogens with zero attached hydrogens (tertiary/aromatic N) is 2. The first-order chi connectivity index (χ1) is 14.6. The van der Waals surface area contributed by atoms with Gasteiger partial charge in [0.05, 0.1) is 5.69 Å². The van der Waals surface area contributed by atoms with Gasteiger partial charge in [0.2, 0.25) is 0 Å². The maximum Gasteiger partial charge on any atom is 0.348 e. The Morgan fingerprint density at radius 2 is 1.90 bits per heavy atom. The molecule has 8 nitrogen and oxygen atoms in total. The van der Waals surface area contributed by atoms with Crippen molar-refractivity contribution in [2.45, 2.75) is 41.2 Å². The molecule has 0 unspecified atom stereocenters. The van der Waals surface area contributed by atoms with Crippen LogP contribution in [-0.4, -0.2) is 34.3 Å². The minimum atomic E-state index is -0.709. The van der Waals surface area contributed by atoms with E-state index in [1.807, 2.05) is 37.6 Å². The molecule has 2 heterocycles. The summed E-state index contributed by atoms with van der Waals surface area (Å²) in [5.74, 6) is -0.904. The minimum Gasteiger partial charge on any atom is -0.451 e. The van der Waals surface area contributed by atoms with Crippen LogP contribution in [0.3, 0.4) is 0 Å². The van der Waals surface area contributed by atoms with Crippen molar-refractivity contribution in [3.8, 4) is 0 Å². The Kier molecular flexibility index (Phi) is 6.74. The Bertz CT molecular complexity index is 1150. The van der Waals surface area contributed by atoms with Gasteiger partial charge >= 0.3 is 12.0 Å². The number of ether oxygens (including phenoxy) is 1. The summed E-state index contributed by atoms with van der Waals surface area (Å²) < 4.78 is 6.98. The smallest absolute Gasteiger partial charge is 0.348 e. The standard InChI is InChI=1S/C22H26N4O4S/c1-12(2)10-26-20-16(15(5)25-26)9-18(31-20)21(28)30-11-19(27)24-22(29)23-17-7-6-13(3)8-14(17)4/h6-9,12H,10-11H2,1-5H3,(H2,23,24,27,29). The molecule has 3 amide bonds. The van der Waals surface area contributed by atoms with Crippen LogP contribution in [0.25, 0.3) is 10.2 Å². The normalized spacial score (nSPS) is 11.0. The minimum absolute atomic E-state index is 0.389. The number of aryl methyl sites for hydroxylation is 3. The van der Waals surface area contributed by atoms with Crippen molar-refractivity contribution in [2.24, 2.45) is 5.92 Å². The molecule has 0 radical (unpaired) electrons. The number of esters is 1. The quantitative estimate of drug-likeness (QED) is 0.558. The Labute approximate surface area is 184 Å². The molecule has 0 bridgehead atoms. The molecule has 164 valence electrons. The summed E-state index contributed by atoms with van der Waals surface area (Å²) in [6, 6.07) is 6.59. The summed E-state index contributed by atoms with van der Waals surface area (Å²) in [4.78, 5) is 37.7. The van der Waals surface area contributed by atoms with E-state index in [0.717, 1.165) is 33.6 Å². The molecule has 0 saturated heterocycles. The van der Waals surface area contributed by atoms with E-state index in [1.165, 1.54) is 11.3 Å². The lowest BCUT2D eigenvalue weighted by Crippen LogP contribution is -2.37. The fourth-order valence-corrected chi connectivity index (χ4v) is 4.22. The van der Waals surface area contributed by atoms with Gasteiger partial charge in [-0.3, -0.25) is 14.8 Å². The van der Waals surface area contributed by atoms with E-state index < -0.39 is 24.5 Å². The molecule has 2 N–H and O–H groups in total. The van der Waals surface area contributed by atoms with Gasteiger partial charge in [0.25, 0.3) is 5.91 Å². The van der Waals surface area contributed by atoms with Crippen molar-refractivity contribution in [1.82, 2.24) is 15.1 Å². The molecular weight excluding hydrogens is 416 g/mol. The van der Waals surface area contributed by atoms with Gasteiger partial charge in [-0.25, -0.2) is 9.59 Å². The Hall–Kier alpha value is -3.20. The van der Waals surface area contributed by atoms with E-state index >= 15 is 0 Å². The lowest BCUT2D eigenvalue weighted by Gasteiger charge is -2.10. The third kappa shape index (κ3) is 5.49. The van der Waals surface area contributed by atoms with E-state index in [0.29, 0.717) is 16.5 Å². The van der Waals surface area contributed by atoms with E-state index in [4.69, 9.17) is 4.74 Å². The maximum absolute atomic E-state index is 12.4. The second-order valence-corrected chi connectivity index (χ2v) is 8.92. The Balaban J connectivity index is 1.56. The van der Waals surface area contributed by atoms with Gasteiger partial charge in [0, 0.05) is 17.6 Å². The number of urea groups is 1. The summed E-state index contributed by atoms with van der Waals surface area (Å²) in [7, 11) is 0. The molecule has 0 fully saturated rings. The number of rotatable bonds is 6. The molecule has 9 heteroatoms. The summed E-state index contributed by atoms with van der Waals surface area (Å²) >= 11 is 1.28. The molecule has 0 aliphatic carbocycles. The van der Waals surface area contributed by atoms with E-state index in [2.05, 4.69) is 29.6 Å². The maximum atomic E-state index is 12.4. The van der Waals surface area contributed by atoms with Crippen LogP contribution in [0.5, 0.6) is 0 Å². The van der Waals surface area contributed by atoms with Crippen LogP contribution >= 0.6 is 11.3 Å². The summed E-state index contributed by atoms with van der Waals surface area (Å²) in [5, 5.41) is 10.2. The SMILES string of the molecule is Cc1ccc(NC(=O)NC(=O)COC(=O)c2cc3c(C)nn(CC(C)C)c3s2)c(C)c1. The molecule has 0 spiro atoms. The number of imide groups is 1. The topological polar surface area (TPSA) is 102 Å². The van der Waals surface area contributed by atoms with Crippen LogP contribution in [0.4, 0.5) is 10.5 Å². The number of aromatic nitrogens is 2. The van der Waals surface area contributed by atoms with Gasteiger partial charge in [0.15, 0.2) is 6.61 Å². The van der Waals surface area contributed by atoms with Gasteiger partial charge in [-0.1, -0.05) is 31.5 Å². The van der Waals surface area contributed by atoms with Crippen LogP contribution < -0.4 is 10.6 Å². The van der Waals surface area contributed by atoms with Crippen LogP contribution in [0.1, 0.15) is 40.3 Å². The van der Waals surface area contributed by atoms with Crippen molar-refractivity contribution in [2.75, 3.05) is 11.9 Å². The largest absolute Gasteiger partial charge is 0.451 e. The van der Waals surface area contributed by atoms with Crippen molar-refractivity contribution in [1.29, 1.82) is 0 Å². The van der Waals surface area contributed by atoms with E-state index in [9.17, 15) is 14.4 Å². The highest BCUT2D eigenvalue weighted by molar-refractivity contribution is 7.20. The average Bonchev–Trinajstić information content (AvgIpc) is 3.23. The molecule has 0 atom stereocenters. The van der Waals surface area contributed by atoms with Crippen LogP contribution in [0.15, 0.2) is 24.3 Å². The molecule has 3 aromatic rings. The number of benzene rings is 1. The second-order valence-electron chi connectivity index (χ2n) is 7.89. The highest BCUT2D eigenvalue weighted by Crippen LogP contribution is 2.29. The predicted molar refractivity (Wildman–Crippen MR) is 121 cm³/mol. The highest BCUT2D eigenvalue weighted by atomic mass is 32.1. The first kappa shape index (κ1) is 22.5. The highest BCUT2D eigenvalue weighted by Gasteiger charge is 2.19. The first-order valence-corrected chi connectivity index (χ1v) is 10.8. The zero-order valence-electron chi connectivity index (χ0n) is 18.2. The van der Waals surface area contributed by atoms with Crippen LogP contribution in [0.2, 0.25) is 0 Å². The van der Waals surface area contributed by atoms with E-state index in [-0.39, 0.29) is 0 Å². The number of thiophene rings is 1. The molecule has 31 heavy (non-hydrogen) atoms. The van der Waals surface area contributed by atoms with Crippen LogP contribution in [0, 0.1) is 26.7 Å². The summed E-state index contributed by atoms with van der Waals surface area (Å²) in [6.07, 6.45) is 0. The number of hydrogen-bond acceptors (Lipinski definition) is 6. The monoisotopic (exact) mass is 442 g/mol. The predicted octanol–water partition coefficient (Wildman–Crippen LogP) is 4.18. The first-order valence-electron chi connectivity index (χ1n) is 9.96. The van der Waals surface area contributed by atoms with Crippen LogP contribution in [-0.2, 0) is 16.1 Å². The second kappa shape index (κ2) is 9.30. The lowest BCUT2D eigenvalue weighted by atomic mass is 10.1. The number of hydrogen-bond donors (Lipinski definition) is 2. The fraction of sp³-hybridized carbons (Fsp3) is 0.364. The van der Waals surface area contributed by atoms with Gasteiger partial charge in [0.1, 0.15) is 9.71 Å². The third-order valence-corrected chi connectivity index (χ3v) is 5.69. The molecule has 1 aromatic carbocycles. The molecule has 0 aliphatic rings. The molecular formula is C22H26N4O4S. The van der Waals surface area contributed by atoms with Gasteiger partial charge in [-0.15, -0.1) is 11.3 Å². The van der Waals surface area contributed by atoms with Crippen molar-refractivity contribution in [3.63, 3.8) is 0 Å². The number of carbonyl (C=O) groups is 3. The Morgan fingerprint density at radius 3 is 2.58 bits per heavy atom. The average molecular weight is 443 g/mol. The number of nitrogens with one attached hydrogen (secondary N) is 2. The summed E-state index contributed by atoms with van der Waals surface area (Å²) in [5.41, 5.74) is 3.39. The fourth-order valence-electron chi connectivity index (χ4n) is 3.16. The lowest BCUT2D eigenvalue weighted by molar-refractivity contribution is -0.123. The summed E-state index contributed by atoms with van der Waals surface area (Å²) in [6.45, 7) is 10.1. The molecule has 0 saturated carbocycles. The van der Waals surface area contributed by atoms with Gasteiger partial charge in [-0.2, -0.15) is 5.10 Å². The number of carbonyl (C=O) groups excluding carboxylic acids is 3.